The molecule has 0 saturated carbocycles. The molecule has 4 nitrogen and oxygen atoms in total. The highest BCUT2D eigenvalue weighted by atomic mass is 19.1. The first-order chi connectivity index (χ1) is 8.08. The van der Waals surface area contributed by atoms with Crippen molar-refractivity contribution in [3.8, 4) is 0 Å². The molecule has 1 aliphatic carbocycles. The third-order valence-corrected chi connectivity index (χ3v) is 2.84. The van der Waals surface area contributed by atoms with Gasteiger partial charge >= 0.3 is 0 Å². The summed E-state index contributed by atoms with van der Waals surface area (Å²) in [7, 11) is 0. The van der Waals surface area contributed by atoms with Crippen LogP contribution >= 0.6 is 0 Å². The Hall–Kier alpha value is -1.91. The summed E-state index contributed by atoms with van der Waals surface area (Å²) in [6, 6.07) is 2.63. The predicted octanol–water partition coefficient (Wildman–Crippen LogP) is 3.17. The SMILES string of the molecule is Cc1cc(NC2CC=CC2)c([N+](=O)[O-])cc1F. The van der Waals surface area contributed by atoms with Gasteiger partial charge in [-0.1, -0.05) is 12.2 Å². The van der Waals surface area contributed by atoms with Crippen molar-refractivity contribution >= 4 is 11.4 Å². The fourth-order valence-electron chi connectivity index (χ4n) is 1.89. The summed E-state index contributed by atoms with van der Waals surface area (Å²) < 4.78 is 13.3. The third kappa shape index (κ3) is 2.43. The van der Waals surface area contributed by atoms with E-state index in [4.69, 9.17) is 0 Å². The number of nitro groups is 1. The highest BCUT2D eigenvalue weighted by Crippen LogP contribution is 2.29. The quantitative estimate of drug-likeness (QED) is 0.498. The Morgan fingerprint density at radius 2 is 2.06 bits per heavy atom. The van der Waals surface area contributed by atoms with Crippen molar-refractivity contribution in [2.75, 3.05) is 5.32 Å². The van der Waals surface area contributed by atoms with Crippen LogP contribution in [-0.4, -0.2) is 11.0 Å². The van der Waals surface area contributed by atoms with E-state index in [9.17, 15) is 14.5 Å². The lowest BCUT2D eigenvalue weighted by Crippen LogP contribution is -2.16. The summed E-state index contributed by atoms with van der Waals surface area (Å²) in [5.74, 6) is -0.549. The maximum Gasteiger partial charge on any atom is 0.295 e. The van der Waals surface area contributed by atoms with E-state index in [2.05, 4.69) is 5.32 Å². The summed E-state index contributed by atoms with van der Waals surface area (Å²) in [5.41, 5.74) is 0.589. The molecule has 1 N–H and O–H groups in total. The van der Waals surface area contributed by atoms with E-state index in [0.717, 1.165) is 18.9 Å². The molecular formula is C12H13FN2O2. The van der Waals surface area contributed by atoms with Gasteiger partial charge in [-0.25, -0.2) is 4.39 Å². The van der Waals surface area contributed by atoms with Gasteiger partial charge in [-0.2, -0.15) is 0 Å². The van der Waals surface area contributed by atoms with Gasteiger partial charge in [0.2, 0.25) is 0 Å². The first-order valence-corrected chi connectivity index (χ1v) is 5.44. The molecule has 1 aromatic rings. The Bertz CT molecular complexity index is 478. The Balaban J connectivity index is 2.30. The van der Waals surface area contributed by atoms with E-state index in [1.165, 1.54) is 6.07 Å². The topological polar surface area (TPSA) is 55.2 Å². The van der Waals surface area contributed by atoms with E-state index in [0.29, 0.717) is 11.3 Å². The molecule has 5 heteroatoms. The fourth-order valence-corrected chi connectivity index (χ4v) is 1.89. The van der Waals surface area contributed by atoms with Gasteiger partial charge in [-0.3, -0.25) is 10.1 Å². The van der Waals surface area contributed by atoms with Gasteiger partial charge in [0, 0.05) is 6.04 Å². The Morgan fingerprint density at radius 1 is 1.41 bits per heavy atom. The molecule has 0 unspecified atom stereocenters. The summed E-state index contributed by atoms with van der Waals surface area (Å²) in [6.45, 7) is 1.59. The van der Waals surface area contributed by atoms with Crippen molar-refractivity contribution in [1.82, 2.24) is 0 Å². The van der Waals surface area contributed by atoms with Gasteiger partial charge in [0.25, 0.3) is 5.69 Å². The van der Waals surface area contributed by atoms with Crippen molar-refractivity contribution in [3.63, 3.8) is 0 Å². The standard InChI is InChI=1S/C12H13FN2O2/c1-8-6-11(14-9-4-2-3-5-9)12(15(16)17)7-10(8)13/h2-3,6-7,9,14H,4-5H2,1H3. The van der Waals surface area contributed by atoms with Crippen LogP contribution in [0.2, 0.25) is 0 Å². The maximum absolute atomic E-state index is 13.3. The van der Waals surface area contributed by atoms with Crippen molar-refractivity contribution in [3.05, 3.63) is 45.8 Å². The molecule has 0 radical (unpaired) electrons. The Morgan fingerprint density at radius 3 is 2.65 bits per heavy atom. The molecule has 0 heterocycles. The lowest BCUT2D eigenvalue weighted by molar-refractivity contribution is -0.384. The zero-order valence-electron chi connectivity index (χ0n) is 9.44. The first-order valence-electron chi connectivity index (χ1n) is 5.44. The number of anilines is 1. The molecule has 0 atom stereocenters. The molecule has 0 spiro atoms. The van der Waals surface area contributed by atoms with Gasteiger partial charge in [-0.05, 0) is 31.4 Å². The predicted molar refractivity (Wildman–Crippen MR) is 63.6 cm³/mol. The van der Waals surface area contributed by atoms with Crippen LogP contribution in [0, 0.1) is 22.9 Å². The zero-order valence-corrected chi connectivity index (χ0v) is 9.44. The normalized spacial score (nSPS) is 15.2. The van der Waals surface area contributed by atoms with Crippen LogP contribution in [-0.2, 0) is 0 Å². The van der Waals surface area contributed by atoms with Gasteiger partial charge in [0.1, 0.15) is 11.5 Å². The second-order valence-corrected chi connectivity index (χ2v) is 4.16. The van der Waals surface area contributed by atoms with Crippen LogP contribution in [0.5, 0.6) is 0 Å². The summed E-state index contributed by atoms with van der Waals surface area (Å²) >= 11 is 0. The third-order valence-electron chi connectivity index (χ3n) is 2.84. The van der Waals surface area contributed by atoms with Crippen LogP contribution in [0.3, 0.4) is 0 Å². The average Bonchev–Trinajstić information content (AvgIpc) is 2.75. The number of nitrogens with one attached hydrogen (secondary N) is 1. The molecule has 0 fully saturated rings. The van der Waals surface area contributed by atoms with Crippen LogP contribution < -0.4 is 5.32 Å². The molecule has 90 valence electrons. The monoisotopic (exact) mass is 236 g/mol. The average molecular weight is 236 g/mol. The van der Waals surface area contributed by atoms with Crippen LogP contribution in [0.25, 0.3) is 0 Å². The van der Waals surface area contributed by atoms with Crippen LogP contribution in [0.15, 0.2) is 24.3 Å². The molecule has 0 amide bonds. The number of benzene rings is 1. The number of nitrogens with zero attached hydrogens (tertiary/aromatic N) is 1. The van der Waals surface area contributed by atoms with Gasteiger partial charge < -0.3 is 5.32 Å². The Labute approximate surface area is 98.3 Å². The summed E-state index contributed by atoms with van der Waals surface area (Å²) in [6.07, 6.45) is 5.74. The minimum absolute atomic E-state index is 0.165. The van der Waals surface area contributed by atoms with E-state index in [1.54, 1.807) is 6.92 Å². The van der Waals surface area contributed by atoms with Crippen molar-refractivity contribution < 1.29 is 9.31 Å². The van der Waals surface area contributed by atoms with E-state index in [-0.39, 0.29) is 11.7 Å². The van der Waals surface area contributed by atoms with Crippen molar-refractivity contribution in [1.29, 1.82) is 0 Å². The van der Waals surface area contributed by atoms with E-state index >= 15 is 0 Å². The second kappa shape index (κ2) is 4.53. The summed E-state index contributed by atoms with van der Waals surface area (Å²) in [5, 5.41) is 13.9. The fraction of sp³-hybridized carbons (Fsp3) is 0.333. The smallest absolute Gasteiger partial charge is 0.295 e. The van der Waals surface area contributed by atoms with Crippen LogP contribution in [0.1, 0.15) is 18.4 Å². The number of nitro benzene ring substituents is 1. The minimum atomic E-state index is -0.562. The van der Waals surface area contributed by atoms with Gasteiger partial charge in [0.05, 0.1) is 11.0 Å². The molecular weight excluding hydrogens is 223 g/mol. The molecule has 0 bridgehead atoms. The summed E-state index contributed by atoms with van der Waals surface area (Å²) in [4.78, 5) is 10.3. The highest BCUT2D eigenvalue weighted by molar-refractivity contribution is 5.63. The number of hydrogen-bond acceptors (Lipinski definition) is 3. The first kappa shape index (κ1) is 11.6. The largest absolute Gasteiger partial charge is 0.376 e. The van der Waals surface area contributed by atoms with Gasteiger partial charge in [0.15, 0.2) is 0 Å². The Kier molecular flexibility index (Phi) is 3.08. The zero-order chi connectivity index (χ0) is 12.4. The second-order valence-electron chi connectivity index (χ2n) is 4.16. The van der Waals surface area contributed by atoms with E-state index in [1.807, 2.05) is 12.2 Å². The highest BCUT2D eigenvalue weighted by Gasteiger charge is 2.20. The van der Waals surface area contributed by atoms with Crippen molar-refractivity contribution in [2.45, 2.75) is 25.8 Å². The minimum Gasteiger partial charge on any atom is -0.376 e. The molecule has 17 heavy (non-hydrogen) atoms. The molecule has 2 rings (SSSR count). The number of halogens is 1. The maximum atomic E-state index is 13.3. The molecule has 1 aromatic carbocycles. The molecule has 0 saturated heterocycles. The van der Waals surface area contributed by atoms with E-state index < -0.39 is 10.7 Å². The number of hydrogen-bond donors (Lipinski definition) is 1. The lowest BCUT2D eigenvalue weighted by atomic mass is 10.1. The molecule has 1 aliphatic rings. The van der Waals surface area contributed by atoms with Crippen LogP contribution in [0.4, 0.5) is 15.8 Å². The number of rotatable bonds is 3. The van der Waals surface area contributed by atoms with Crippen molar-refractivity contribution in [2.24, 2.45) is 0 Å². The molecule has 0 aromatic heterocycles. The van der Waals surface area contributed by atoms with Gasteiger partial charge in [-0.15, -0.1) is 0 Å². The number of aryl methyl sites for hydroxylation is 1. The molecule has 0 aliphatic heterocycles. The lowest BCUT2D eigenvalue weighted by Gasteiger charge is -2.14.